The molecule has 24 heavy (non-hydrogen) atoms. The molecule has 3 heterocycles. The van der Waals surface area contributed by atoms with E-state index in [0.29, 0.717) is 6.04 Å². The highest BCUT2D eigenvalue weighted by Gasteiger charge is 2.19. The number of aromatic nitrogens is 1. The minimum Gasteiger partial charge on any atom is -0.350 e. The first-order valence-corrected chi connectivity index (χ1v) is 9.36. The lowest BCUT2D eigenvalue weighted by Gasteiger charge is -2.32. The molecule has 0 spiro atoms. The minimum absolute atomic E-state index is 0.0106. The van der Waals surface area contributed by atoms with Gasteiger partial charge in [0.25, 0.3) is 0 Å². The summed E-state index contributed by atoms with van der Waals surface area (Å²) in [6, 6.07) is 6.46. The standard InChI is InChI=1S/C19H23N3OS/c23-19(2-1-17-8-14-24-15-17)21-18-6-12-22(13-7-18)11-5-16-3-9-20-10-4-16/h1-4,8-10,14-15,18H,5-7,11-13H2,(H,21,23). The molecule has 5 heteroatoms. The SMILES string of the molecule is O=C(C=Cc1ccsc1)NC1CCN(CCc2ccncc2)CC1. The number of carbonyl (C=O) groups excluding carboxylic acids is 1. The fourth-order valence-electron chi connectivity index (χ4n) is 2.93. The van der Waals surface area contributed by atoms with Gasteiger partial charge in [-0.15, -0.1) is 0 Å². The van der Waals surface area contributed by atoms with E-state index in [-0.39, 0.29) is 5.91 Å². The third kappa shape index (κ3) is 5.28. The molecule has 1 amide bonds. The van der Waals surface area contributed by atoms with Gasteiger partial charge in [-0.1, -0.05) is 0 Å². The van der Waals surface area contributed by atoms with Gasteiger partial charge < -0.3 is 10.2 Å². The Hall–Kier alpha value is -1.98. The van der Waals surface area contributed by atoms with Crippen LogP contribution in [0.15, 0.2) is 47.4 Å². The highest BCUT2D eigenvalue weighted by atomic mass is 32.1. The van der Waals surface area contributed by atoms with E-state index in [0.717, 1.165) is 44.5 Å². The molecule has 1 aliphatic rings. The second kappa shape index (κ2) is 8.76. The first-order chi connectivity index (χ1) is 11.8. The van der Waals surface area contributed by atoms with Gasteiger partial charge in [0.1, 0.15) is 0 Å². The van der Waals surface area contributed by atoms with Crippen LogP contribution in [0.1, 0.15) is 24.0 Å². The van der Waals surface area contributed by atoms with E-state index in [9.17, 15) is 4.79 Å². The maximum atomic E-state index is 12.0. The summed E-state index contributed by atoms with van der Waals surface area (Å²) < 4.78 is 0. The van der Waals surface area contributed by atoms with Gasteiger partial charge in [-0.3, -0.25) is 9.78 Å². The molecule has 0 atom stereocenters. The van der Waals surface area contributed by atoms with E-state index >= 15 is 0 Å². The number of carbonyl (C=O) groups is 1. The molecule has 1 N–H and O–H groups in total. The summed E-state index contributed by atoms with van der Waals surface area (Å²) >= 11 is 1.64. The number of nitrogens with zero attached hydrogens (tertiary/aromatic N) is 2. The molecule has 0 bridgehead atoms. The van der Waals surface area contributed by atoms with Gasteiger partial charge in [0.2, 0.25) is 5.91 Å². The van der Waals surface area contributed by atoms with Crippen molar-refractivity contribution in [3.63, 3.8) is 0 Å². The van der Waals surface area contributed by atoms with Crippen molar-refractivity contribution in [2.45, 2.75) is 25.3 Å². The number of thiophene rings is 1. The molecule has 0 radical (unpaired) electrons. The maximum absolute atomic E-state index is 12.0. The Kier molecular flexibility index (Phi) is 6.15. The molecule has 0 saturated carbocycles. The van der Waals surface area contributed by atoms with Crippen LogP contribution in [0, 0.1) is 0 Å². The Morgan fingerprint density at radius 1 is 1.29 bits per heavy atom. The lowest BCUT2D eigenvalue weighted by Crippen LogP contribution is -2.44. The van der Waals surface area contributed by atoms with Crippen LogP contribution in [0.4, 0.5) is 0 Å². The monoisotopic (exact) mass is 341 g/mol. The summed E-state index contributed by atoms with van der Waals surface area (Å²) in [5.41, 5.74) is 2.42. The molecule has 1 fully saturated rings. The van der Waals surface area contributed by atoms with Gasteiger partial charge in [0.05, 0.1) is 0 Å². The van der Waals surface area contributed by atoms with Gasteiger partial charge in [0, 0.05) is 44.1 Å². The largest absolute Gasteiger partial charge is 0.350 e. The van der Waals surface area contributed by atoms with Gasteiger partial charge in [-0.2, -0.15) is 11.3 Å². The Balaban J connectivity index is 1.36. The van der Waals surface area contributed by atoms with Crippen LogP contribution in [0.3, 0.4) is 0 Å². The zero-order chi connectivity index (χ0) is 16.6. The van der Waals surface area contributed by atoms with Gasteiger partial charge in [-0.25, -0.2) is 0 Å². The van der Waals surface area contributed by atoms with Crippen LogP contribution in [-0.4, -0.2) is 41.5 Å². The average Bonchev–Trinajstić information content (AvgIpc) is 3.14. The number of pyridine rings is 1. The molecule has 126 valence electrons. The number of amides is 1. The first kappa shape index (κ1) is 16.9. The van der Waals surface area contributed by atoms with E-state index in [1.165, 1.54) is 5.56 Å². The average molecular weight is 341 g/mol. The lowest BCUT2D eigenvalue weighted by atomic mass is 10.0. The third-order valence-corrected chi connectivity index (χ3v) is 5.07. The summed E-state index contributed by atoms with van der Waals surface area (Å²) in [6.07, 6.45) is 10.3. The van der Waals surface area contributed by atoms with Crippen molar-refractivity contribution >= 4 is 23.3 Å². The van der Waals surface area contributed by atoms with Crippen molar-refractivity contribution in [3.05, 3.63) is 58.6 Å². The van der Waals surface area contributed by atoms with E-state index in [1.54, 1.807) is 17.4 Å². The Morgan fingerprint density at radius 3 is 2.79 bits per heavy atom. The number of hydrogen-bond donors (Lipinski definition) is 1. The predicted octanol–water partition coefficient (Wildman–Crippen LogP) is 2.98. The predicted molar refractivity (Wildman–Crippen MR) is 98.9 cm³/mol. The molecule has 1 saturated heterocycles. The van der Waals surface area contributed by atoms with Crippen molar-refractivity contribution < 1.29 is 4.79 Å². The zero-order valence-electron chi connectivity index (χ0n) is 13.7. The Bertz CT molecular complexity index is 647. The highest BCUT2D eigenvalue weighted by Crippen LogP contribution is 2.12. The van der Waals surface area contributed by atoms with Crippen molar-refractivity contribution in [2.24, 2.45) is 0 Å². The van der Waals surface area contributed by atoms with Crippen molar-refractivity contribution in [3.8, 4) is 0 Å². The van der Waals surface area contributed by atoms with Gasteiger partial charge >= 0.3 is 0 Å². The lowest BCUT2D eigenvalue weighted by molar-refractivity contribution is -0.117. The van der Waals surface area contributed by atoms with Crippen molar-refractivity contribution in [1.29, 1.82) is 0 Å². The van der Waals surface area contributed by atoms with Crippen LogP contribution >= 0.6 is 11.3 Å². The number of likely N-dealkylation sites (tertiary alicyclic amines) is 1. The maximum Gasteiger partial charge on any atom is 0.244 e. The molecule has 1 aliphatic heterocycles. The third-order valence-electron chi connectivity index (χ3n) is 4.37. The molecule has 0 aromatic carbocycles. The summed E-state index contributed by atoms with van der Waals surface area (Å²) in [5.74, 6) is 0.0106. The van der Waals surface area contributed by atoms with Crippen LogP contribution < -0.4 is 5.32 Å². The van der Waals surface area contributed by atoms with E-state index < -0.39 is 0 Å². The molecule has 2 aromatic heterocycles. The second-order valence-electron chi connectivity index (χ2n) is 6.12. The van der Waals surface area contributed by atoms with Crippen molar-refractivity contribution in [2.75, 3.05) is 19.6 Å². The fourth-order valence-corrected chi connectivity index (χ4v) is 3.56. The highest BCUT2D eigenvalue weighted by molar-refractivity contribution is 7.08. The van der Waals surface area contributed by atoms with E-state index in [2.05, 4.69) is 27.3 Å². The molecular weight excluding hydrogens is 318 g/mol. The number of hydrogen-bond acceptors (Lipinski definition) is 4. The molecular formula is C19H23N3OS. The number of nitrogens with one attached hydrogen (secondary N) is 1. The minimum atomic E-state index is 0.0106. The fraction of sp³-hybridized carbons (Fsp3) is 0.368. The molecule has 0 unspecified atom stereocenters. The molecule has 4 nitrogen and oxygen atoms in total. The summed E-state index contributed by atoms with van der Waals surface area (Å²) in [7, 11) is 0. The molecule has 3 rings (SSSR count). The zero-order valence-corrected chi connectivity index (χ0v) is 14.5. The number of rotatable bonds is 6. The summed E-state index contributed by atoms with van der Waals surface area (Å²) in [5, 5.41) is 7.16. The summed E-state index contributed by atoms with van der Waals surface area (Å²) in [4.78, 5) is 18.5. The summed E-state index contributed by atoms with van der Waals surface area (Å²) in [6.45, 7) is 3.16. The number of piperidine rings is 1. The quantitative estimate of drug-likeness (QED) is 0.822. The van der Waals surface area contributed by atoms with E-state index in [1.807, 2.05) is 35.3 Å². The van der Waals surface area contributed by atoms with E-state index in [4.69, 9.17) is 0 Å². The van der Waals surface area contributed by atoms with Crippen LogP contribution in [0.5, 0.6) is 0 Å². The topological polar surface area (TPSA) is 45.2 Å². The molecule has 0 aliphatic carbocycles. The normalized spacial score (nSPS) is 16.5. The smallest absolute Gasteiger partial charge is 0.244 e. The van der Waals surface area contributed by atoms with Crippen LogP contribution in [0.2, 0.25) is 0 Å². The van der Waals surface area contributed by atoms with Crippen LogP contribution in [0.25, 0.3) is 6.08 Å². The van der Waals surface area contributed by atoms with Crippen LogP contribution in [-0.2, 0) is 11.2 Å². The van der Waals surface area contributed by atoms with Gasteiger partial charge in [-0.05, 0) is 65.4 Å². The van der Waals surface area contributed by atoms with Crippen molar-refractivity contribution in [1.82, 2.24) is 15.2 Å². The Labute approximate surface area is 147 Å². The molecule has 2 aromatic rings. The van der Waals surface area contributed by atoms with Gasteiger partial charge in [0.15, 0.2) is 0 Å². The Morgan fingerprint density at radius 2 is 2.08 bits per heavy atom. The first-order valence-electron chi connectivity index (χ1n) is 8.41. The second-order valence-corrected chi connectivity index (χ2v) is 6.90.